The predicted octanol–water partition coefficient (Wildman–Crippen LogP) is 2.81. The Morgan fingerprint density at radius 2 is 2.12 bits per heavy atom. The van der Waals surface area contributed by atoms with E-state index < -0.39 is 0 Å². The molecule has 4 heteroatoms. The van der Waals surface area contributed by atoms with Crippen LogP contribution < -0.4 is 5.73 Å². The number of nitrogens with two attached hydrogens (primary N) is 1. The number of hydrogen-bond acceptors (Lipinski definition) is 4. The van der Waals surface area contributed by atoms with Gasteiger partial charge in [0.2, 0.25) is 0 Å². The highest BCUT2D eigenvalue weighted by Gasteiger charge is 2.34. The van der Waals surface area contributed by atoms with Crippen LogP contribution in [0.4, 0.5) is 0 Å². The van der Waals surface area contributed by atoms with E-state index in [9.17, 15) is 4.79 Å². The Balaban J connectivity index is 1.93. The molecule has 1 saturated carbocycles. The van der Waals surface area contributed by atoms with Crippen LogP contribution in [-0.2, 0) is 9.53 Å². The fourth-order valence-corrected chi connectivity index (χ4v) is 4.10. The summed E-state index contributed by atoms with van der Waals surface area (Å²) in [5.74, 6) is 0.523. The Morgan fingerprint density at radius 1 is 1.41 bits per heavy atom. The van der Waals surface area contributed by atoms with E-state index in [1.807, 2.05) is 6.92 Å². The molecule has 1 unspecified atom stereocenters. The maximum absolute atomic E-state index is 11.7. The zero-order valence-electron chi connectivity index (χ0n) is 10.4. The fraction of sp³-hybridized carbons (Fsp3) is 0.769. The second-order valence-electron chi connectivity index (χ2n) is 4.82. The summed E-state index contributed by atoms with van der Waals surface area (Å²) in [5, 5.41) is 1.20. The number of esters is 1. The molecule has 0 aromatic carbocycles. The van der Waals surface area contributed by atoms with Crippen molar-refractivity contribution in [2.45, 2.75) is 50.7 Å². The molecule has 3 nitrogen and oxygen atoms in total. The van der Waals surface area contributed by atoms with Gasteiger partial charge in [0.25, 0.3) is 0 Å². The lowest BCUT2D eigenvalue weighted by Crippen LogP contribution is -2.19. The van der Waals surface area contributed by atoms with E-state index in [4.69, 9.17) is 10.5 Å². The Kier molecular flexibility index (Phi) is 4.37. The van der Waals surface area contributed by atoms with Gasteiger partial charge in [0.15, 0.2) is 0 Å². The molecule has 2 aliphatic rings. The normalized spacial score (nSPS) is 26.3. The predicted molar refractivity (Wildman–Crippen MR) is 70.4 cm³/mol. The lowest BCUT2D eigenvalue weighted by atomic mass is 9.85. The van der Waals surface area contributed by atoms with Gasteiger partial charge in [0.1, 0.15) is 0 Å². The van der Waals surface area contributed by atoms with Crippen LogP contribution in [0, 0.1) is 5.92 Å². The Bertz CT molecular complexity index is 321. The van der Waals surface area contributed by atoms with Gasteiger partial charge in [0.05, 0.1) is 17.2 Å². The number of carbonyl (C=O) groups is 1. The van der Waals surface area contributed by atoms with Crippen molar-refractivity contribution in [1.29, 1.82) is 0 Å². The Labute approximate surface area is 107 Å². The molecule has 0 spiro atoms. The molecule has 1 heterocycles. The van der Waals surface area contributed by atoms with Crippen molar-refractivity contribution in [3.8, 4) is 0 Å². The molecule has 0 radical (unpaired) electrons. The third-order valence-electron chi connectivity index (χ3n) is 3.68. The van der Waals surface area contributed by atoms with Crippen molar-refractivity contribution in [1.82, 2.24) is 0 Å². The van der Waals surface area contributed by atoms with Crippen LogP contribution in [-0.4, -0.2) is 17.8 Å². The van der Waals surface area contributed by atoms with Crippen LogP contribution in [0.15, 0.2) is 10.6 Å². The van der Waals surface area contributed by atoms with Crippen molar-refractivity contribution in [3.05, 3.63) is 10.6 Å². The zero-order chi connectivity index (χ0) is 12.3. The lowest BCUT2D eigenvalue weighted by molar-refractivity contribution is -0.138. The SMILES string of the molecule is CCOC(=O)C1=C(N)SC(C2CCCCC2)C1. The van der Waals surface area contributed by atoms with Gasteiger partial charge in [-0.3, -0.25) is 0 Å². The minimum Gasteiger partial charge on any atom is -0.463 e. The number of thioether (sulfide) groups is 1. The number of ether oxygens (including phenoxy) is 1. The van der Waals surface area contributed by atoms with E-state index in [1.54, 1.807) is 11.8 Å². The topological polar surface area (TPSA) is 52.3 Å². The monoisotopic (exact) mass is 255 g/mol. The molecule has 2 N–H and O–H groups in total. The third-order valence-corrected chi connectivity index (χ3v) is 5.03. The second kappa shape index (κ2) is 5.80. The maximum atomic E-state index is 11.7. The second-order valence-corrected chi connectivity index (χ2v) is 6.10. The van der Waals surface area contributed by atoms with E-state index in [2.05, 4.69) is 0 Å². The quantitative estimate of drug-likeness (QED) is 0.788. The van der Waals surface area contributed by atoms with Gasteiger partial charge < -0.3 is 10.5 Å². The number of carbonyl (C=O) groups excluding carboxylic acids is 1. The molecule has 0 aromatic rings. The van der Waals surface area contributed by atoms with Gasteiger partial charge in [-0.1, -0.05) is 19.3 Å². The van der Waals surface area contributed by atoms with E-state index >= 15 is 0 Å². The van der Waals surface area contributed by atoms with Crippen molar-refractivity contribution in [2.75, 3.05) is 6.61 Å². The van der Waals surface area contributed by atoms with Crippen LogP contribution in [0.25, 0.3) is 0 Å². The smallest absolute Gasteiger partial charge is 0.336 e. The maximum Gasteiger partial charge on any atom is 0.336 e. The molecular formula is C13H21NO2S. The molecule has 2 rings (SSSR count). The van der Waals surface area contributed by atoms with Crippen LogP contribution >= 0.6 is 11.8 Å². The first-order chi connectivity index (χ1) is 8.22. The van der Waals surface area contributed by atoms with Gasteiger partial charge in [-0.15, -0.1) is 11.8 Å². The van der Waals surface area contributed by atoms with Crippen LogP contribution in [0.3, 0.4) is 0 Å². The summed E-state index contributed by atoms with van der Waals surface area (Å²) in [7, 11) is 0. The van der Waals surface area contributed by atoms with E-state index in [-0.39, 0.29) is 5.97 Å². The van der Waals surface area contributed by atoms with Crippen molar-refractivity contribution >= 4 is 17.7 Å². The lowest BCUT2D eigenvalue weighted by Gasteiger charge is -2.26. The third kappa shape index (κ3) is 2.97. The summed E-state index contributed by atoms with van der Waals surface area (Å²) in [6.07, 6.45) is 7.41. The summed E-state index contributed by atoms with van der Waals surface area (Å²) < 4.78 is 5.04. The average Bonchev–Trinajstić information content (AvgIpc) is 2.73. The molecule has 0 bridgehead atoms. The summed E-state index contributed by atoms with van der Waals surface area (Å²) in [5.41, 5.74) is 6.66. The molecule has 1 atom stereocenters. The van der Waals surface area contributed by atoms with Crippen LogP contribution in [0.2, 0.25) is 0 Å². The van der Waals surface area contributed by atoms with Gasteiger partial charge in [-0.25, -0.2) is 4.79 Å². The first-order valence-corrected chi connectivity index (χ1v) is 7.42. The molecule has 1 fully saturated rings. The molecule has 0 aromatic heterocycles. The van der Waals surface area contributed by atoms with Crippen molar-refractivity contribution < 1.29 is 9.53 Å². The van der Waals surface area contributed by atoms with Gasteiger partial charge in [-0.2, -0.15) is 0 Å². The molecule has 0 amide bonds. The highest BCUT2D eigenvalue weighted by atomic mass is 32.2. The highest BCUT2D eigenvalue weighted by molar-refractivity contribution is 8.03. The van der Waals surface area contributed by atoms with Crippen molar-refractivity contribution in [3.63, 3.8) is 0 Å². The molecule has 96 valence electrons. The van der Waals surface area contributed by atoms with Crippen molar-refractivity contribution in [2.24, 2.45) is 11.7 Å². The summed E-state index contributed by atoms with van der Waals surface area (Å²) in [6, 6.07) is 0. The number of hydrogen-bond donors (Lipinski definition) is 1. The number of rotatable bonds is 3. The minimum absolute atomic E-state index is 0.212. The fourth-order valence-electron chi connectivity index (χ4n) is 2.75. The first kappa shape index (κ1) is 12.8. The van der Waals surface area contributed by atoms with Gasteiger partial charge >= 0.3 is 5.97 Å². The van der Waals surface area contributed by atoms with Crippen LogP contribution in [0.1, 0.15) is 45.4 Å². The molecule has 17 heavy (non-hydrogen) atoms. The summed E-state index contributed by atoms with van der Waals surface area (Å²) >= 11 is 1.69. The molecular weight excluding hydrogens is 234 g/mol. The van der Waals surface area contributed by atoms with E-state index in [0.717, 1.165) is 12.3 Å². The minimum atomic E-state index is -0.212. The Morgan fingerprint density at radius 3 is 2.76 bits per heavy atom. The largest absolute Gasteiger partial charge is 0.463 e. The van der Waals surface area contributed by atoms with E-state index in [1.165, 1.54) is 32.1 Å². The van der Waals surface area contributed by atoms with E-state index in [0.29, 0.717) is 22.5 Å². The highest BCUT2D eigenvalue weighted by Crippen LogP contribution is 2.43. The standard InChI is InChI=1S/C13H21NO2S/c1-2-16-13(15)10-8-11(17-12(10)14)9-6-4-3-5-7-9/h9,11H,2-8,14H2,1H3. The first-order valence-electron chi connectivity index (χ1n) is 6.54. The Hall–Kier alpha value is -0.640. The molecule has 1 aliphatic heterocycles. The molecule has 0 saturated heterocycles. The van der Waals surface area contributed by atoms with Crippen LogP contribution in [0.5, 0.6) is 0 Å². The van der Waals surface area contributed by atoms with Gasteiger partial charge in [-0.05, 0) is 32.1 Å². The average molecular weight is 255 g/mol. The summed E-state index contributed by atoms with van der Waals surface area (Å²) in [6.45, 7) is 2.25. The summed E-state index contributed by atoms with van der Waals surface area (Å²) in [4.78, 5) is 11.7. The molecule has 1 aliphatic carbocycles. The van der Waals surface area contributed by atoms with Gasteiger partial charge in [0, 0.05) is 5.25 Å². The zero-order valence-corrected chi connectivity index (χ0v) is 11.2.